The van der Waals surface area contributed by atoms with Gasteiger partial charge < -0.3 is 5.32 Å². The topological polar surface area (TPSA) is 42.7 Å². The molecule has 0 bridgehead atoms. The summed E-state index contributed by atoms with van der Waals surface area (Å²) in [5.41, 5.74) is 0. The Labute approximate surface area is 110 Å². The van der Waals surface area contributed by atoms with Crippen LogP contribution in [-0.2, 0) is 6.42 Å². The minimum atomic E-state index is 0.394. The first-order valence-corrected chi connectivity index (χ1v) is 7.25. The van der Waals surface area contributed by atoms with Crippen LogP contribution in [-0.4, -0.2) is 27.4 Å². The van der Waals surface area contributed by atoms with E-state index in [0.717, 1.165) is 30.6 Å². The summed E-state index contributed by atoms with van der Waals surface area (Å²) in [4.78, 5) is 4.43. The molecular formula is C14H26N4. The summed E-state index contributed by atoms with van der Waals surface area (Å²) in [6.07, 6.45) is 5.24. The quantitative estimate of drug-likeness (QED) is 0.808. The van der Waals surface area contributed by atoms with Crippen LogP contribution in [0.1, 0.15) is 52.4 Å². The van der Waals surface area contributed by atoms with E-state index in [1.165, 1.54) is 12.8 Å². The van der Waals surface area contributed by atoms with Crippen molar-refractivity contribution in [3.8, 4) is 0 Å². The Morgan fingerprint density at radius 3 is 2.78 bits per heavy atom. The fourth-order valence-corrected chi connectivity index (χ4v) is 2.66. The third-order valence-corrected chi connectivity index (χ3v) is 3.88. The van der Waals surface area contributed by atoms with Crippen LogP contribution in [0.25, 0.3) is 0 Å². The molecule has 0 amide bonds. The van der Waals surface area contributed by atoms with E-state index in [1.807, 2.05) is 4.68 Å². The fraction of sp³-hybridized carbons (Fsp3) is 0.857. The Morgan fingerprint density at radius 1 is 1.50 bits per heavy atom. The van der Waals surface area contributed by atoms with Crippen molar-refractivity contribution in [2.45, 2.75) is 59.0 Å². The number of hydrogen-bond donors (Lipinski definition) is 1. The van der Waals surface area contributed by atoms with Gasteiger partial charge in [0.2, 0.25) is 0 Å². The molecule has 102 valence electrons. The number of hydrogen-bond acceptors (Lipinski definition) is 3. The van der Waals surface area contributed by atoms with Gasteiger partial charge >= 0.3 is 0 Å². The minimum absolute atomic E-state index is 0.394. The smallest absolute Gasteiger partial charge is 0.138 e. The van der Waals surface area contributed by atoms with Crippen LogP contribution in [0.3, 0.4) is 0 Å². The first-order chi connectivity index (χ1) is 8.63. The average Bonchev–Trinajstić information content (AvgIpc) is 2.88. The predicted molar refractivity (Wildman–Crippen MR) is 73.5 cm³/mol. The molecule has 3 atom stereocenters. The van der Waals surface area contributed by atoms with E-state index in [4.69, 9.17) is 0 Å². The van der Waals surface area contributed by atoms with E-state index in [9.17, 15) is 0 Å². The Morgan fingerprint density at radius 2 is 2.22 bits per heavy atom. The maximum Gasteiger partial charge on any atom is 0.138 e. The molecule has 0 radical (unpaired) electrons. The molecule has 0 aliphatic heterocycles. The zero-order chi connectivity index (χ0) is 13.1. The molecule has 4 nitrogen and oxygen atoms in total. The zero-order valence-corrected chi connectivity index (χ0v) is 12.1. The Hall–Kier alpha value is -0.900. The molecule has 1 aliphatic rings. The zero-order valence-electron chi connectivity index (χ0n) is 12.1. The van der Waals surface area contributed by atoms with E-state index in [2.05, 4.69) is 43.1 Å². The van der Waals surface area contributed by atoms with Gasteiger partial charge in [0.05, 0.1) is 0 Å². The molecule has 0 saturated heterocycles. The highest BCUT2D eigenvalue weighted by Crippen LogP contribution is 2.41. The Balaban J connectivity index is 2.01. The van der Waals surface area contributed by atoms with Crippen molar-refractivity contribution in [1.29, 1.82) is 0 Å². The largest absolute Gasteiger partial charge is 0.313 e. The second-order valence-electron chi connectivity index (χ2n) is 5.86. The van der Waals surface area contributed by atoms with Crippen LogP contribution >= 0.6 is 0 Å². The lowest BCUT2D eigenvalue weighted by Crippen LogP contribution is -2.35. The van der Waals surface area contributed by atoms with Gasteiger partial charge in [-0.3, -0.25) is 0 Å². The van der Waals surface area contributed by atoms with Crippen molar-refractivity contribution >= 4 is 0 Å². The van der Waals surface area contributed by atoms with Gasteiger partial charge in [-0.25, -0.2) is 9.67 Å². The van der Waals surface area contributed by atoms with Crippen LogP contribution in [0.5, 0.6) is 0 Å². The van der Waals surface area contributed by atoms with Crippen LogP contribution in [0.15, 0.2) is 6.33 Å². The molecule has 2 rings (SSSR count). The SMILES string of the molecule is CCCNC(Cc1ncnn1C(C)C)C1CC1C. The lowest BCUT2D eigenvalue weighted by Gasteiger charge is -2.19. The van der Waals surface area contributed by atoms with Crippen molar-refractivity contribution in [1.82, 2.24) is 20.1 Å². The number of nitrogens with one attached hydrogen (secondary N) is 1. The van der Waals surface area contributed by atoms with Crippen LogP contribution in [0.2, 0.25) is 0 Å². The van der Waals surface area contributed by atoms with E-state index in [0.29, 0.717) is 12.1 Å². The molecule has 1 fully saturated rings. The monoisotopic (exact) mass is 250 g/mol. The van der Waals surface area contributed by atoms with E-state index in [-0.39, 0.29) is 0 Å². The van der Waals surface area contributed by atoms with Crippen LogP contribution in [0.4, 0.5) is 0 Å². The summed E-state index contributed by atoms with van der Waals surface area (Å²) in [5.74, 6) is 2.82. The Kier molecular flexibility index (Phi) is 4.38. The lowest BCUT2D eigenvalue weighted by atomic mass is 10.1. The van der Waals surface area contributed by atoms with E-state index < -0.39 is 0 Å². The number of aromatic nitrogens is 3. The molecule has 18 heavy (non-hydrogen) atoms. The second-order valence-corrected chi connectivity index (χ2v) is 5.86. The summed E-state index contributed by atoms with van der Waals surface area (Å²) in [5, 5.41) is 8.01. The normalized spacial score (nSPS) is 24.5. The van der Waals surface area contributed by atoms with Crippen molar-refractivity contribution in [2.75, 3.05) is 6.54 Å². The number of rotatable bonds is 7. The van der Waals surface area contributed by atoms with Crippen LogP contribution < -0.4 is 5.32 Å². The molecular weight excluding hydrogens is 224 g/mol. The third-order valence-electron chi connectivity index (χ3n) is 3.88. The van der Waals surface area contributed by atoms with Gasteiger partial charge in [-0.1, -0.05) is 13.8 Å². The molecule has 1 aliphatic carbocycles. The highest BCUT2D eigenvalue weighted by atomic mass is 15.3. The molecule has 3 unspecified atom stereocenters. The summed E-state index contributed by atoms with van der Waals surface area (Å²) in [6.45, 7) is 9.98. The van der Waals surface area contributed by atoms with Crippen LogP contribution in [0, 0.1) is 11.8 Å². The standard InChI is InChI=1S/C14H26N4/c1-5-6-15-13(12-7-11(12)4)8-14-16-9-17-18(14)10(2)3/h9-13,15H,5-8H2,1-4H3. The van der Waals surface area contributed by atoms with Gasteiger partial charge in [0.25, 0.3) is 0 Å². The van der Waals surface area contributed by atoms with E-state index >= 15 is 0 Å². The summed E-state index contributed by atoms with van der Waals surface area (Å²) < 4.78 is 2.05. The van der Waals surface area contributed by atoms with Gasteiger partial charge in [0, 0.05) is 18.5 Å². The first kappa shape index (κ1) is 13.5. The summed E-state index contributed by atoms with van der Waals surface area (Å²) >= 11 is 0. The maximum atomic E-state index is 4.43. The molecule has 1 N–H and O–H groups in total. The van der Waals surface area contributed by atoms with Crippen molar-refractivity contribution < 1.29 is 0 Å². The van der Waals surface area contributed by atoms with Crippen molar-refractivity contribution in [3.05, 3.63) is 12.2 Å². The maximum absolute atomic E-state index is 4.43. The lowest BCUT2D eigenvalue weighted by molar-refractivity contribution is 0.414. The fourth-order valence-electron chi connectivity index (χ4n) is 2.66. The highest BCUT2D eigenvalue weighted by Gasteiger charge is 2.39. The third kappa shape index (κ3) is 3.10. The van der Waals surface area contributed by atoms with Gasteiger partial charge in [0.15, 0.2) is 0 Å². The van der Waals surface area contributed by atoms with Gasteiger partial charge in [-0.15, -0.1) is 0 Å². The second kappa shape index (κ2) is 5.83. The molecule has 1 aromatic heterocycles. The molecule has 0 spiro atoms. The summed E-state index contributed by atoms with van der Waals surface area (Å²) in [6, 6.07) is 0.965. The first-order valence-electron chi connectivity index (χ1n) is 7.25. The van der Waals surface area contributed by atoms with Gasteiger partial charge in [0.1, 0.15) is 12.2 Å². The van der Waals surface area contributed by atoms with Gasteiger partial charge in [-0.2, -0.15) is 5.10 Å². The molecule has 1 saturated carbocycles. The molecule has 1 aromatic rings. The predicted octanol–water partition coefficient (Wildman–Crippen LogP) is 2.43. The Bertz CT molecular complexity index is 372. The number of nitrogens with zero attached hydrogens (tertiary/aromatic N) is 3. The molecule has 0 aromatic carbocycles. The van der Waals surface area contributed by atoms with Crippen molar-refractivity contribution in [2.24, 2.45) is 11.8 Å². The van der Waals surface area contributed by atoms with Crippen molar-refractivity contribution in [3.63, 3.8) is 0 Å². The van der Waals surface area contributed by atoms with E-state index in [1.54, 1.807) is 6.33 Å². The van der Waals surface area contributed by atoms with Gasteiger partial charge in [-0.05, 0) is 45.1 Å². The highest BCUT2D eigenvalue weighted by molar-refractivity contribution is 4.99. The molecule has 4 heteroatoms. The average molecular weight is 250 g/mol. The minimum Gasteiger partial charge on any atom is -0.313 e. The molecule has 1 heterocycles. The summed E-state index contributed by atoms with van der Waals surface area (Å²) in [7, 11) is 0.